The van der Waals surface area contributed by atoms with Crippen molar-refractivity contribution in [1.82, 2.24) is 5.16 Å². The first-order chi connectivity index (χ1) is 8.18. The molecule has 0 fully saturated rings. The highest BCUT2D eigenvalue weighted by Crippen LogP contribution is 2.30. The molecular weight excluding hydrogens is 212 g/mol. The number of nitrogens with zero attached hydrogens (tertiary/aromatic N) is 1. The number of nitrogens with two attached hydrogens (primary N) is 1. The topological polar surface area (TPSA) is 52.0 Å². The first kappa shape index (κ1) is 11.7. The molecule has 2 aromatic rings. The van der Waals surface area contributed by atoms with E-state index in [0.29, 0.717) is 11.7 Å². The first-order valence-corrected chi connectivity index (χ1v) is 5.98. The maximum absolute atomic E-state index is 5.87. The molecule has 0 radical (unpaired) electrons. The summed E-state index contributed by atoms with van der Waals surface area (Å²) in [5.74, 6) is 2.02. The number of nitrogen functional groups attached to an aromatic ring is 1. The van der Waals surface area contributed by atoms with Crippen LogP contribution in [-0.4, -0.2) is 5.16 Å². The second-order valence-electron chi connectivity index (χ2n) is 4.66. The Morgan fingerprint density at radius 3 is 2.59 bits per heavy atom. The van der Waals surface area contributed by atoms with Crippen LogP contribution in [0.25, 0.3) is 11.1 Å². The molecule has 3 nitrogen and oxygen atoms in total. The van der Waals surface area contributed by atoms with Crippen LogP contribution in [0.1, 0.15) is 26.0 Å². The van der Waals surface area contributed by atoms with Gasteiger partial charge in [-0.1, -0.05) is 49.3 Å². The molecule has 0 unspecified atom stereocenters. The van der Waals surface area contributed by atoms with Gasteiger partial charge < -0.3 is 10.3 Å². The lowest BCUT2D eigenvalue weighted by molar-refractivity contribution is 0.376. The van der Waals surface area contributed by atoms with Crippen molar-refractivity contribution in [3.05, 3.63) is 36.1 Å². The van der Waals surface area contributed by atoms with E-state index in [1.54, 1.807) is 0 Å². The highest BCUT2D eigenvalue weighted by Gasteiger charge is 2.15. The minimum absolute atomic E-state index is 0.481. The van der Waals surface area contributed by atoms with Crippen molar-refractivity contribution in [3.8, 4) is 11.1 Å². The van der Waals surface area contributed by atoms with Gasteiger partial charge in [0, 0.05) is 6.42 Å². The monoisotopic (exact) mass is 230 g/mol. The zero-order chi connectivity index (χ0) is 12.3. The Morgan fingerprint density at radius 2 is 1.94 bits per heavy atom. The predicted octanol–water partition coefficient (Wildman–Crippen LogP) is 3.51. The van der Waals surface area contributed by atoms with E-state index in [9.17, 15) is 0 Å². The van der Waals surface area contributed by atoms with Crippen molar-refractivity contribution in [2.24, 2.45) is 5.92 Å². The zero-order valence-electron chi connectivity index (χ0n) is 10.3. The molecule has 0 aliphatic carbocycles. The van der Waals surface area contributed by atoms with Gasteiger partial charge in [0.15, 0.2) is 5.82 Å². The van der Waals surface area contributed by atoms with Crippen LogP contribution in [0.4, 0.5) is 5.82 Å². The number of anilines is 1. The van der Waals surface area contributed by atoms with E-state index in [2.05, 4.69) is 19.0 Å². The van der Waals surface area contributed by atoms with E-state index in [-0.39, 0.29) is 0 Å². The zero-order valence-corrected chi connectivity index (χ0v) is 10.3. The SMILES string of the molecule is CC(C)CCc1onc(N)c1-c1ccccc1. The number of rotatable bonds is 4. The van der Waals surface area contributed by atoms with E-state index in [0.717, 1.165) is 29.7 Å². The summed E-state index contributed by atoms with van der Waals surface area (Å²) in [4.78, 5) is 0. The minimum atomic E-state index is 0.481. The Kier molecular flexibility index (Phi) is 3.47. The Morgan fingerprint density at radius 1 is 1.24 bits per heavy atom. The summed E-state index contributed by atoms with van der Waals surface area (Å²) in [6.45, 7) is 4.39. The molecule has 2 N–H and O–H groups in total. The summed E-state index contributed by atoms with van der Waals surface area (Å²) < 4.78 is 5.33. The summed E-state index contributed by atoms with van der Waals surface area (Å²) in [6, 6.07) is 10.0. The smallest absolute Gasteiger partial charge is 0.175 e. The van der Waals surface area contributed by atoms with E-state index in [1.807, 2.05) is 30.3 Å². The summed E-state index contributed by atoms with van der Waals surface area (Å²) in [7, 11) is 0. The first-order valence-electron chi connectivity index (χ1n) is 5.98. The fourth-order valence-corrected chi connectivity index (χ4v) is 1.84. The standard InChI is InChI=1S/C14H18N2O/c1-10(2)8-9-12-13(14(15)16-17-12)11-6-4-3-5-7-11/h3-7,10H,8-9H2,1-2H3,(H2,15,16). The lowest BCUT2D eigenvalue weighted by Crippen LogP contribution is -1.94. The van der Waals surface area contributed by atoms with Gasteiger partial charge in [0.05, 0.1) is 5.56 Å². The minimum Gasteiger partial charge on any atom is -0.380 e. The lowest BCUT2D eigenvalue weighted by atomic mass is 10.0. The van der Waals surface area contributed by atoms with Crippen LogP contribution in [0.3, 0.4) is 0 Å². The fourth-order valence-electron chi connectivity index (χ4n) is 1.84. The van der Waals surface area contributed by atoms with E-state index in [4.69, 9.17) is 10.3 Å². The third kappa shape index (κ3) is 2.67. The molecule has 0 aliphatic heterocycles. The predicted molar refractivity (Wildman–Crippen MR) is 69.5 cm³/mol. The fraction of sp³-hybridized carbons (Fsp3) is 0.357. The molecule has 0 bridgehead atoms. The third-order valence-electron chi connectivity index (χ3n) is 2.80. The van der Waals surface area contributed by atoms with Crippen molar-refractivity contribution < 1.29 is 4.52 Å². The molecular formula is C14H18N2O. The van der Waals surface area contributed by atoms with Crippen molar-refractivity contribution >= 4 is 5.82 Å². The summed E-state index contributed by atoms with van der Waals surface area (Å²) in [5, 5.41) is 3.87. The van der Waals surface area contributed by atoms with Crippen LogP contribution < -0.4 is 5.73 Å². The van der Waals surface area contributed by atoms with Gasteiger partial charge in [-0.05, 0) is 17.9 Å². The van der Waals surface area contributed by atoms with Crippen molar-refractivity contribution in [2.75, 3.05) is 5.73 Å². The molecule has 0 saturated carbocycles. The van der Waals surface area contributed by atoms with Gasteiger partial charge in [-0.3, -0.25) is 0 Å². The van der Waals surface area contributed by atoms with Crippen LogP contribution in [-0.2, 0) is 6.42 Å². The lowest BCUT2D eigenvalue weighted by Gasteiger charge is -2.04. The number of hydrogen-bond acceptors (Lipinski definition) is 3. The number of aromatic nitrogens is 1. The highest BCUT2D eigenvalue weighted by atomic mass is 16.5. The Labute approximate surface area is 102 Å². The Bertz CT molecular complexity index is 474. The quantitative estimate of drug-likeness (QED) is 0.874. The molecule has 2 rings (SSSR count). The van der Waals surface area contributed by atoms with Crippen LogP contribution in [0.5, 0.6) is 0 Å². The normalized spacial score (nSPS) is 11.0. The van der Waals surface area contributed by atoms with Crippen LogP contribution >= 0.6 is 0 Å². The second-order valence-corrected chi connectivity index (χ2v) is 4.66. The third-order valence-corrected chi connectivity index (χ3v) is 2.80. The van der Waals surface area contributed by atoms with E-state index >= 15 is 0 Å². The maximum atomic E-state index is 5.87. The molecule has 17 heavy (non-hydrogen) atoms. The van der Waals surface area contributed by atoms with E-state index < -0.39 is 0 Å². The van der Waals surface area contributed by atoms with Crippen molar-refractivity contribution in [2.45, 2.75) is 26.7 Å². The average Bonchev–Trinajstić information content (AvgIpc) is 2.69. The van der Waals surface area contributed by atoms with Gasteiger partial charge >= 0.3 is 0 Å². The molecule has 0 spiro atoms. The molecule has 3 heteroatoms. The molecule has 1 aromatic heterocycles. The highest BCUT2D eigenvalue weighted by molar-refractivity contribution is 5.75. The van der Waals surface area contributed by atoms with Gasteiger partial charge in [0.2, 0.25) is 0 Å². The van der Waals surface area contributed by atoms with Gasteiger partial charge in [0.1, 0.15) is 5.76 Å². The molecule has 1 heterocycles. The molecule has 90 valence electrons. The van der Waals surface area contributed by atoms with Crippen molar-refractivity contribution in [1.29, 1.82) is 0 Å². The van der Waals surface area contributed by atoms with Crippen LogP contribution in [0.15, 0.2) is 34.9 Å². The summed E-state index contributed by atoms with van der Waals surface area (Å²) in [6.07, 6.45) is 1.96. The number of hydrogen-bond donors (Lipinski definition) is 1. The maximum Gasteiger partial charge on any atom is 0.175 e. The van der Waals surface area contributed by atoms with E-state index in [1.165, 1.54) is 0 Å². The van der Waals surface area contributed by atoms with Crippen LogP contribution in [0, 0.1) is 5.92 Å². The molecule has 1 aromatic carbocycles. The van der Waals surface area contributed by atoms with Crippen LogP contribution in [0.2, 0.25) is 0 Å². The summed E-state index contributed by atoms with van der Waals surface area (Å²) >= 11 is 0. The van der Waals surface area contributed by atoms with Gasteiger partial charge in [0.25, 0.3) is 0 Å². The molecule has 0 amide bonds. The molecule has 0 saturated heterocycles. The second kappa shape index (κ2) is 5.04. The van der Waals surface area contributed by atoms with Gasteiger partial charge in [-0.15, -0.1) is 0 Å². The molecule has 0 aliphatic rings. The molecule has 0 atom stereocenters. The Hall–Kier alpha value is -1.77. The van der Waals surface area contributed by atoms with Gasteiger partial charge in [-0.2, -0.15) is 0 Å². The largest absolute Gasteiger partial charge is 0.380 e. The van der Waals surface area contributed by atoms with Crippen molar-refractivity contribution in [3.63, 3.8) is 0 Å². The summed E-state index contributed by atoms with van der Waals surface area (Å²) in [5.41, 5.74) is 7.90. The Balaban J connectivity index is 2.30. The number of benzene rings is 1. The van der Waals surface area contributed by atoms with Gasteiger partial charge in [-0.25, -0.2) is 0 Å². The average molecular weight is 230 g/mol. The number of aryl methyl sites for hydroxylation is 1.